The average Bonchev–Trinajstić information content (AvgIpc) is 3.46. The number of rotatable bonds is 4. The van der Waals surface area contributed by atoms with Crippen LogP contribution >= 0.6 is 0 Å². The summed E-state index contributed by atoms with van der Waals surface area (Å²) in [6, 6.07) is 7.59. The van der Waals surface area contributed by atoms with Crippen LogP contribution in [0.5, 0.6) is 11.5 Å². The molecule has 4 rings (SSSR count). The second-order valence-electron chi connectivity index (χ2n) is 6.81. The third-order valence-electron chi connectivity index (χ3n) is 4.76. The summed E-state index contributed by atoms with van der Waals surface area (Å²) in [4.78, 5) is 24.8. The van der Waals surface area contributed by atoms with Gasteiger partial charge in [-0.05, 0) is 25.8 Å². The molecule has 0 radical (unpaired) electrons. The van der Waals surface area contributed by atoms with E-state index in [9.17, 15) is 9.59 Å². The predicted molar refractivity (Wildman–Crippen MR) is 96.9 cm³/mol. The molecular formula is C20H22N2O4. The molecule has 2 heterocycles. The first-order valence-corrected chi connectivity index (χ1v) is 9.02. The van der Waals surface area contributed by atoms with Gasteiger partial charge < -0.3 is 19.4 Å². The van der Waals surface area contributed by atoms with Crippen LogP contribution in [0, 0.1) is 6.92 Å². The van der Waals surface area contributed by atoms with Gasteiger partial charge in [0.1, 0.15) is 5.56 Å². The van der Waals surface area contributed by atoms with Gasteiger partial charge in [0.05, 0.1) is 13.2 Å². The van der Waals surface area contributed by atoms with E-state index in [0.29, 0.717) is 30.8 Å². The van der Waals surface area contributed by atoms with Crippen LogP contribution in [-0.4, -0.2) is 23.7 Å². The molecule has 1 aliphatic heterocycles. The zero-order valence-electron chi connectivity index (χ0n) is 14.8. The molecule has 1 amide bonds. The lowest BCUT2D eigenvalue weighted by Gasteiger charge is -2.14. The Morgan fingerprint density at radius 2 is 2.08 bits per heavy atom. The second kappa shape index (κ2) is 6.86. The van der Waals surface area contributed by atoms with E-state index in [1.54, 1.807) is 12.3 Å². The number of para-hydroxylation sites is 1. The number of carbonyl (C=O) groups excluding carboxylic acids is 1. The highest BCUT2D eigenvalue weighted by Gasteiger charge is 2.25. The third-order valence-corrected chi connectivity index (χ3v) is 4.76. The minimum Gasteiger partial charge on any atom is -0.490 e. The Hall–Kier alpha value is -2.76. The van der Waals surface area contributed by atoms with Crippen LogP contribution in [0.2, 0.25) is 0 Å². The molecule has 1 saturated carbocycles. The van der Waals surface area contributed by atoms with Gasteiger partial charge in [-0.2, -0.15) is 0 Å². The molecule has 0 unspecified atom stereocenters. The number of carbonyl (C=O) groups is 1. The molecule has 1 fully saturated rings. The Labute approximate surface area is 151 Å². The topological polar surface area (TPSA) is 69.6 Å². The van der Waals surface area contributed by atoms with Crippen molar-refractivity contribution in [3.05, 3.63) is 57.5 Å². The van der Waals surface area contributed by atoms with Crippen LogP contribution in [0.25, 0.3) is 0 Å². The summed E-state index contributed by atoms with van der Waals surface area (Å²) in [5.41, 5.74) is 1.67. The summed E-state index contributed by atoms with van der Waals surface area (Å²) >= 11 is 0. The van der Waals surface area contributed by atoms with Gasteiger partial charge in [-0.1, -0.05) is 12.1 Å². The molecule has 2 aromatic rings. The number of nitrogens with one attached hydrogen (secondary N) is 1. The first-order valence-electron chi connectivity index (χ1n) is 9.02. The van der Waals surface area contributed by atoms with E-state index in [4.69, 9.17) is 9.47 Å². The molecule has 26 heavy (non-hydrogen) atoms. The van der Waals surface area contributed by atoms with E-state index >= 15 is 0 Å². The lowest BCUT2D eigenvalue weighted by molar-refractivity contribution is 0.0948. The van der Waals surface area contributed by atoms with Crippen molar-refractivity contribution in [1.82, 2.24) is 9.88 Å². The molecule has 0 spiro atoms. The average molecular weight is 354 g/mol. The first-order chi connectivity index (χ1) is 12.6. The van der Waals surface area contributed by atoms with Gasteiger partial charge in [-0.25, -0.2) is 0 Å². The van der Waals surface area contributed by atoms with Gasteiger partial charge in [0, 0.05) is 42.5 Å². The number of hydrogen-bond donors (Lipinski definition) is 1. The van der Waals surface area contributed by atoms with E-state index in [1.165, 1.54) is 0 Å². The van der Waals surface area contributed by atoms with Crippen molar-refractivity contribution in [2.75, 3.05) is 13.2 Å². The minimum absolute atomic E-state index is 0.182. The quantitative estimate of drug-likeness (QED) is 0.916. The van der Waals surface area contributed by atoms with Crippen molar-refractivity contribution in [3.8, 4) is 11.5 Å². The van der Waals surface area contributed by atoms with Crippen molar-refractivity contribution in [3.63, 3.8) is 0 Å². The molecule has 2 aliphatic rings. The maximum atomic E-state index is 12.6. The van der Waals surface area contributed by atoms with Crippen LogP contribution in [0.3, 0.4) is 0 Å². The van der Waals surface area contributed by atoms with E-state index in [0.717, 1.165) is 30.5 Å². The number of ether oxygens (including phenoxy) is 2. The third kappa shape index (κ3) is 3.31. The van der Waals surface area contributed by atoms with Gasteiger partial charge in [0.25, 0.3) is 5.91 Å². The Kier molecular flexibility index (Phi) is 4.41. The first kappa shape index (κ1) is 16.7. The standard InChI is InChI=1S/C20H22N2O4/c1-13-10-17(23)16(12-22(13)15-6-7-15)20(24)21-11-14-4-2-5-18-19(14)26-9-3-8-25-18/h2,4-5,10,12,15H,3,6-9,11H2,1H3,(H,21,24). The fraction of sp³-hybridized carbons (Fsp3) is 0.400. The van der Waals surface area contributed by atoms with Crippen molar-refractivity contribution in [2.24, 2.45) is 0 Å². The summed E-state index contributed by atoms with van der Waals surface area (Å²) in [5, 5.41) is 2.84. The highest BCUT2D eigenvalue weighted by Crippen LogP contribution is 2.35. The van der Waals surface area contributed by atoms with Crippen molar-refractivity contribution in [2.45, 2.75) is 38.8 Å². The molecular weight excluding hydrogens is 332 g/mol. The number of benzene rings is 1. The molecule has 0 atom stereocenters. The second-order valence-corrected chi connectivity index (χ2v) is 6.81. The fourth-order valence-corrected chi connectivity index (χ4v) is 3.23. The number of amides is 1. The monoisotopic (exact) mass is 354 g/mol. The summed E-state index contributed by atoms with van der Waals surface area (Å²) in [7, 11) is 0. The van der Waals surface area contributed by atoms with E-state index in [-0.39, 0.29) is 23.4 Å². The smallest absolute Gasteiger partial charge is 0.257 e. The number of aromatic nitrogens is 1. The zero-order valence-corrected chi connectivity index (χ0v) is 14.8. The van der Waals surface area contributed by atoms with Crippen LogP contribution in [0.15, 0.2) is 35.3 Å². The van der Waals surface area contributed by atoms with E-state index in [2.05, 4.69) is 5.32 Å². The summed E-state index contributed by atoms with van der Waals surface area (Å²) < 4.78 is 13.5. The Morgan fingerprint density at radius 1 is 1.27 bits per heavy atom. The van der Waals surface area contributed by atoms with Crippen LogP contribution < -0.4 is 20.2 Å². The summed E-state index contributed by atoms with van der Waals surface area (Å²) in [5.74, 6) is 1.00. The molecule has 6 nitrogen and oxygen atoms in total. The van der Waals surface area contributed by atoms with E-state index in [1.807, 2.05) is 29.7 Å². The number of hydrogen-bond acceptors (Lipinski definition) is 4. The molecule has 1 aliphatic carbocycles. The predicted octanol–water partition coefficient (Wildman–Crippen LogP) is 2.58. The maximum Gasteiger partial charge on any atom is 0.257 e. The van der Waals surface area contributed by atoms with Gasteiger partial charge in [0.15, 0.2) is 16.9 Å². The van der Waals surface area contributed by atoms with Crippen LogP contribution in [0.4, 0.5) is 0 Å². The Morgan fingerprint density at radius 3 is 2.88 bits per heavy atom. The maximum absolute atomic E-state index is 12.6. The number of nitrogens with zero attached hydrogens (tertiary/aromatic N) is 1. The molecule has 1 aromatic heterocycles. The van der Waals surface area contributed by atoms with Crippen molar-refractivity contribution >= 4 is 5.91 Å². The lowest BCUT2D eigenvalue weighted by Crippen LogP contribution is -2.29. The van der Waals surface area contributed by atoms with Gasteiger partial charge >= 0.3 is 0 Å². The molecule has 136 valence electrons. The zero-order chi connectivity index (χ0) is 18.1. The molecule has 1 aromatic carbocycles. The molecule has 0 saturated heterocycles. The normalized spacial score (nSPS) is 16.0. The van der Waals surface area contributed by atoms with Crippen molar-refractivity contribution in [1.29, 1.82) is 0 Å². The Balaban J connectivity index is 1.53. The van der Waals surface area contributed by atoms with Crippen LogP contribution in [-0.2, 0) is 6.54 Å². The largest absolute Gasteiger partial charge is 0.490 e. The highest BCUT2D eigenvalue weighted by molar-refractivity contribution is 5.93. The molecule has 0 bridgehead atoms. The highest BCUT2D eigenvalue weighted by atomic mass is 16.5. The number of fused-ring (bicyclic) bond motifs is 1. The fourth-order valence-electron chi connectivity index (χ4n) is 3.23. The molecule has 1 N–H and O–H groups in total. The summed E-state index contributed by atoms with van der Waals surface area (Å²) in [6.07, 6.45) is 4.71. The SMILES string of the molecule is Cc1cc(=O)c(C(=O)NCc2cccc3c2OCCCO3)cn1C1CC1. The van der Waals surface area contributed by atoms with Gasteiger partial charge in [0.2, 0.25) is 0 Å². The number of pyridine rings is 1. The summed E-state index contributed by atoms with van der Waals surface area (Å²) in [6.45, 7) is 3.38. The van der Waals surface area contributed by atoms with E-state index < -0.39 is 0 Å². The van der Waals surface area contributed by atoms with Gasteiger partial charge in [-0.3, -0.25) is 9.59 Å². The lowest BCUT2D eigenvalue weighted by atomic mass is 10.1. The minimum atomic E-state index is -0.364. The van der Waals surface area contributed by atoms with Crippen LogP contribution in [0.1, 0.15) is 46.9 Å². The van der Waals surface area contributed by atoms with Crippen molar-refractivity contribution < 1.29 is 14.3 Å². The Bertz CT molecular complexity index is 899. The molecule has 6 heteroatoms. The van der Waals surface area contributed by atoms with Gasteiger partial charge in [-0.15, -0.1) is 0 Å². The number of aryl methyl sites for hydroxylation is 1.